The van der Waals surface area contributed by atoms with E-state index in [1.807, 2.05) is 6.07 Å². The Balaban J connectivity index is 2.76. The third-order valence-electron chi connectivity index (χ3n) is 2.66. The maximum Gasteiger partial charge on any atom is 0.418 e. The van der Waals surface area contributed by atoms with E-state index in [0.29, 0.717) is 5.39 Å². The first kappa shape index (κ1) is 12.4. The van der Waals surface area contributed by atoms with Crippen LogP contribution in [0.5, 0.6) is 0 Å². The number of nitriles is 1. The lowest BCUT2D eigenvalue weighted by Gasteiger charge is -2.17. The zero-order valence-electron chi connectivity index (χ0n) is 9.07. The summed E-state index contributed by atoms with van der Waals surface area (Å²) in [6, 6.07) is 10.7. The fraction of sp³-hybridized carbons (Fsp3) is 0.154. The van der Waals surface area contributed by atoms with E-state index in [1.54, 1.807) is 18.2 Å². The Labute approximate surface area is 101 Å². The minimum atomic E-state index is -4.75. The van der Waals surface area contributed by atoms with Crippen molar-refractivity contribution in [3.05, 3.63) is 47.5 Å². The van der Waals surface area contributed by atoms with Crippen LogP contribution < -0.4 is 0 Å². The van der Waals surface area contributed by atoms with E-state index < -0.39 is 12.3 Å². The summed E-state index contributed by atoms with van der Waals surface area (Å²) in [5, 5.41) is 18.9. The molecule has 0 saturated carbocycles. The van der Waals surface area contributed by atoms with Crippen molar-refractivity contribution >= 4 is 10.8 Å². The highest BCUT2D eigenvalue weighted by molar-refractivity contribution is 5.91. The number of rotatable bonds is 1. The van der Waals surface area contributed by atoms with Crippen molar-refractivity contribution < 1.29 is 18.3 Å². The molecule has 1 unspecified atom stereocenters. The Morgan fingerprint density at radius 1 is 1.11 bits per heavy atom. The fourth-order valence-corrected chi connectivity index (χ4v) is 1.87. The Morgan fingerprint density at radius 3 is 2.28 bits per heavy atom. The van der Waals surface area contributed by atoms with E-state index >= 15 is 0 Å². The third-order valence-corrected chi connectivity index (χ3v) is 2.66. The van der Waals surface area contributed by atoms with Crippen LogP contribution in [-0.2, 0) is 0 Å². The molecule has 0 saturated heterocycles. The zero-order valence-corrected chi connectivity index (χ0v) is 9.07. The predicted molar refractivity (Wildman–Crippen MR) is 59.7 cm³/mol. The van der Waals surface area contributed by atoms with Crippen LogP contribution in [0.1, 0.15) is 17.2 Å². The number of halogens is 3. The molecule has 92 valence electrons. The van der Waals surface area contributed by atoms with Gasteiger partial charge in [-0.3, -0.25) is 0 Å². The molecule has 0 aliphatic rings. The van der Waals surface area contributed by atoms with Gasteiger partial charge >= 0.3 is 6.18 Å². The summed E-state index contributed by atoms with van der Waals surface area (Å²) < 4.78 is 37.7. The summed E-state index contributed by atoms with van der Waals surface area (Å²) in [5.74, 6) is 0. The first-order valence-electron chi connectivity index (χ1n) is 5.11. The maximum atomic E-state index is 12.6. The molecule has 1 N–H and O–H groups in total. The van der Waals surface area contributed by atoms with Gasteiger partial charge in [0.1, 0.15) is 0 Å². The molecular weight excluding hydrogens is 243 g/mol. The molecule has 0 bridgehead atoms. The van der Waals surface area contributed by atoms with Crippen molar-refractivity contribution in [1.29, 1.82) is 5.26 Å². The number of benzene rings is 2. The molecular formula is C13H8F3NO. The molecule has 5 heteroatoms. The van der Waals surface area contributed by atoms with E-state index in [0.717, 1.165) is 0 Å². The standard InChI is InChI=1S/C13H8F3NO/c14-13(15,16)12(18)10-6-2-4-8-3-1-5-9(7-17)11(8)10/h1-6,12,18H. The summed E-state index contributed by atoms with van der Waals surface area (Å²) in [4.78, 5) is 0. The highest BCUT2D eigenvalue weighted by atomic mass is 19.4. The van der Waals surface area contributed by atoms with E-state index in [9.17, 15) is 18.3 Å². The second-order valence-electron chi connectivity index (χ2n) is 3.81. The number of nitrogens with zero attached hydrogens (tertiary/aromatic N) is 1. The predicted octanol–water partition coefficient (Wildman–Crippen LogP) is 3.31. The molecule has 2 aromatic carbocycles. The molecule has 0 heterocycles. The van der Waals surface area contributed by atoms with E-state index in [2.05, 4.69) is 0 Å². The lowest BCUT2D eigenvalue weighted by Crippen LogP contribution is -2.20. The number of aliphatic hydroxyl groups is 1. The van der Waals surface area contributed by atoms with Crippen LogP contribution >= 0.6 is 0 Å². The molecule has 2 nitrogen and oxygen atoms in total. The number of alkyl halides is 3. The van der Waals surface area contributed by atoms with Gasteiger partial charge in [0.15, 0.2) is 6.10 Å². The number of hydrogen-bond acceptors (Lipinski definition) is 2. The van der Waals surface area contributed by atoms with Gasteiger partial charge in [-0.25, -0.2) is 0 Å². The summed E-state index contributed by atoms with van der Waals surface area (Å²) in [7, 11) is 0. The Morgan fingerprint density at radius 2 is 1.72 bits per heavy atom. The van der Waals surface area contributed by atoms with Gasteiger partial charge in [-0.15, -0.1) is 0 Å². The molecule has 0 radical (unpaired) electrons. The molecule has 0 spiro atoms. The SMILES string of the molecule is N#Cc1cccc2cccc(C(O)C(F)(F)F)c12. The normalized spacial score (nSPS) is 13.3. The topological polar surface area (TPSA) is 44.0 Å². The number of hydrogen-bond donors (Lipinski definition) is 1. The van der Waals surface area contributed by atoms with Crippen molar-refractivity contribution in [3.8, 4) is 6.07 Å². The average Bonchev–Trinajstić information content (AvgIpc) is 2.35. The summed E-state index contributed by atoms with van der Waals surface area (Å²) in [6.07, 6.45) is -7.34. The van der Waals surface area contributed by atoms with Gasteiger partial charge in [-0.05, 0) is 17.0 Å². The van der Waals surface area contributed by atoms with Gasteiger partial charge in [0, 0.05) is 5.39 Å². The van der Waals surface area contributed by atoms with Crippen molar-refractivity contribution in [2.75, 3.05) is 0 Å². The molecule has 0 aliphatic carbocycles. The van der Waals surface area contributed by atoms with Gasteiger partial charge in [0.25, 0.3) is 0 Å². The van der Waals surface area contributed by atoms with E-state index in [4.69, 9.17) is 5.26 Å². The fourth-order valence-electron chi connectivity index (χ4n) is 1.87. The summed E-state index contributed by atoms with van der Waals surface area (Å²) >= 11 is 0. The average molecular weight is 251 g/mol. The highest BCUT2D eigenvalue weighted by Gasteiger charge is 2.40. The van der Waals surface area contributed by atoms with Gasteiger partial charge in [0.05, 0.1) is 11.6 Å². The van der Waals surface area contributed by atoms with Crippen molar-refractivity contribution in [2.24, 2.45) is 0 Å². The Bertz CT molecular complexity index is 623. The van der Waals surface area contributed by atoms with Crippen LogP contribution in [0.4, 0.5) is 13.2 Å². The summed E-state index contributed by atoms with van der Waals surface area (Å²) in [6.45, 7) is 0. The molecule has 2 aromatic rings. The van der Waals surface area contributed by atoms with Crippen LogP contribution in [0.2, 0.25) is 0 Å². The third kappa shape index (κ3) is 2.03. The smallest absolute Gasteiger partial charge is 0.379 e. The van der Waals surface area contributed by atoms with Crippen LogP contribution in [0, 0.1) is 11.3 Å². The van der Waals surface area contributed by atoms with E-state index in [-0.39, 0.29) is 16.5 Å². The highest BCUT2D eigenvalue weighted by Crippen LogP contribution is 2.36. The van der Waals surface area contributed by atoms with Crippen LogP contribution in [0.25, 0.3) is 10.8 Å². The van der Waals surface area contributed by atoms with Crippen LogP contribution in [-0.4, -0.2) is 11.3 Å². The minimum absolute atomic E-state index is 0.117. The van der Waals surface area contributed by atoms with Crippen molar-refractivity contribution in [2.45, 2.75) is 12.3 Å². The monoisotopic (exact) mass is 251 g/mol. The quantitative estimate of drug-likeness (QED) is 0.845. The molecule has 18 heavy (non-hydrogen) atoms. The minimum Gasteiger partial charge on any atom is -0.379 e. The number of aliphatic hydroxyl groups excluding tert-OH is 1. The lowest BCUT2D eigenvalue weighted by atomic mass is 9.96. The largest absolute Gasteiger partial charge is 0.418 e. The molecule has 0 aliphatic heterocycles. The van der Waals surface area contributed by atoms with Crippen LogP contribution in [0.3, 0.4) is 0 Å². The van der Waals surface area contributed by atoms with Crippen LogP contribution in [0.15, 0.2) is 36.4 Å². The molecule has 0 aromatic heterocycles. The Kier molecular flexibility index (Phi) is 2.97. The van der Waals surface area contributed by atoms with Gasteiger partial charge in [-0.1, -0.05) is 30.3 Å². The second-order valence-corrected chi connectivity index (χ2v) is 3.81. The summed E-state index contributed by atoms with van der Waals surface area (Å²) in [5.41, 5.74) is -0.177. The second kappa shape index (κ2) is 4.31. The van der Waals surface area contributed by atoms with Gasteiger partial charge in [-0.2, -0.15) is 18.4 Å². The van der Waals surface area contributed by atoms with Crippen molar-refractivity contribution in [1.82, 2.24) is 0 Å². The Hall–Kier alpha value is -2.06. The van der Waals surface area contributed by atoms with E-state index in [1.165, 1.54) is 18.2 Å². The first-order chi connectivity index (χ1) is 8.45. The molecule has 0 amide bonds. The number of fused-ring (bicyclic) bond motifs is 1. The first-order valence-corrected chi connectivity index (χ1v) is 5.11. The van der Waals surface area contributed by atoms with Crippen molar-refractivity contribution in [3.63, 3.8) is 0 Å². The van der Waals surface area contributed by atoms with Gasteiger partial charge < -0.3 is 5.11 Å². The lowest BCUT2D eigenvalue weighted by molar-refractivity contribution is -0.206. The molecule has 1 atom stereocenters. The van der Waals surface area contributed by atoms with Gasteiger partial charge in [0.2, 0.25) is 0 Å². The maximum absolute atomic E-state index is 12.6. The zero-order chi connectivity index (χ0) is 13.3. The molecule has 2 rings (SSSR count). The molecule has 0 fully saturated rings.